The SMILES string of the molecule is Clc1ccc(-c2nnc(COc3c(Cl)cc(Cl)cc3Cl)o2)cc1. The van der Waals surface area contributed by atoms with Crippen LogP contribution in [0.3, 0.4) is 0 Å². The van der Waals surface area contributed by atoms with E-state index in [4.69, 9.17) is 55.6 Å². The van der Waals surface area contributed by atoms with Gasteiger partial charge in [0.05, 0.1) is 10.0 Å². The fraction of sp³-hybridized carbons (Fsp3) is 0.0667. The molecule has 0 amide bonds. The summed E-state index contributed by atoms with van der Waals surface area (Å²) in [4.78, 5) is 0. The summed E-state index contributed by atoms with van der Waals surface area (Å²) >= 11 is 23.8. The maximum atomic E-state index is 6.04. The van der Waals surface area contributed by atoms with Crippen LogP contribution >= 0.6 is 46.4 Å². The number of rotatable bonds is 4. The van der Waals surface area contributed by atoms with E-state index in [0.29, 0.717) is 31.7 Å². The summed E-state index contributed by atoms with van der Waals surface area (Å²) in [6.45, 7) is 0.0294. The Morgan fingerprint density at radius 1 is 0.870 bits per heavy atom. The summed E-state index contributed by atoms with van der Waals surface area (Å²) in [6, 6.07) is 10.1. The molecule has 4 nitrogen and oxygen atoms in total. The number of nitrogens with zero attached hydrogens (tertiary/aromatic N) is 2. The molecule has 23 heavy (non-hydrogen) atoms. The van der Waals surface area contributed by atoms with E-state index in [1.54, 1.807) is 24.3 Å². The average molecular weight is 390 g/mol. The van der Waals surface area contributed by atoms with Crippen LogP contribution in [-0.2, 0) is 6.61 Å². The first-order valence-electron chi connectivity index (χ1n) is 6.38. The lowest BCUT2D eigenvalue weighted by Crippen LogP contribution is -1.97. The number of hydrogen-bond donors (Lipinski definition) is 0. The standard InChI is InChI=1S/C15H8Cl4N2O2/c16-9-3-1-8(2-4-9)15-21-20-13(23-15)7-22-14-11(18)5-10(17)6-12(14)19/h1-6H,7H2. The number of aromatic nitrogens is 2. The molecule has 1 heterocycles. The number of benzene rings is 2. The largest absolute Gasteiger partial charge is 0.481 e. The molecular formula is C15H8Cl4N2O2. The van der Waals surface area contributed by atoms with Gasteiger partial charge in [-0.1, -0.05) is 46.4 Å². The molecule has 0 radical (unpaired) electrons. The maximum Gasteiger partial charge on any atom is 0.254 e. The Balaban J connectivity index is 1.74. The van der Waals surface area contributed by atoms with Crippen LogP contribution in [0.25, 0.3) is 11.5 Å². The van der Waals surface area contributed by atoms with Gasteiger partial charge in [0.25, 0.3) is 5.89 Å². The van der Waals surface area contributed by atoms with E-state index >= 15 is 0 Å². The molecule has 0 saturated heterocycles. The summed E-state index contributed by atoms with van der Waals surface area (Å²) in [5, 5.41) is 9.55. The third kappa shape index (κ3) is 3.90. The molecule has 1 aromatic heterocycles. The van der Waals surface area contributed by atoms with Crippen LogP contribution in [0.5, 0.6) is 5.75 Å². The first kappa shape index (κ1) is 16.4. The Hall–Kier alpha value is -1.46. The normalized spacial score (nSPS) is 10.8. The summed E-state index contributed by atoms with van der Waals surface area (Å²) < 4.78 is 11.1. The minimum Gasteiger partial charge on any atom is -0.481 e. The molecule has 0 atom stereocenters. The molecule has 0 N–H and O–H groups in total. The summed E-state index contributed by atoms with van der Waals surface area (Å²) in [6.07, 6.45) is 0. The second-order valence-electron chi connectivity index (χ2n) is 4.50. The van der Waals surface area contributed by atoms with E-state index in [0.717, 1.165) is 5.56 Å². The predicted octanol–water partition coefficient (Wildman–Crippen LogP) is 5.93. The first-order chi connectivity index (χ1) is 11.0. The molecule has 0 aliphatic heterocycles. The minimum atomic E-state index is 0.0294. The second-order valence-corrected chi connectivity index (χ2v) is 6.18. The zero-order chi connectivity index (χ0) is 16.4. The highest BCUT2D eigenvalue weighted by Crippen LogP contribution is 2.36. The van der Waals surface area contributed by atoms with Crippen molar-refractivity contribution in [3.63, 3.8) is 0 Å². The van der Waals surface area contributed by atoms with Crippen molar-refractivity contribution in [1.29, 1.82) is 0 Å². The quantitative estimate of drug-likeness (QED) is 0.554. The van der Waals surface area contributed by atoms with Crippen LogP contribution in [0, 0.1) is 0 Å². The Labute approximate surface area is 151 Å². The molecule has 118 valence electrons. The van der Waals surface area contributed by atoms with E-state index in [-0.39, 0.29) is 12.5 Å². The van der Waals surface area contributed by atoms with Crippen molar-refractivity contribution in [2.24, 2.45) is 0 Å². The van der Waals surface area contributed by atoms with Crippen molar-refractivity contribution < 1.29 is 9.15 Å². The molecule has 3 rings (SSSR count). The lowest BCUT2D eigenvalue weighted by Gasteiger charge is -2.08. The number of hydrogen-bond acceptors (Lipinski definition) is 4. The molecule has 8 heteroatoms. The molecule has 0 saturated carbocycles. The Morgan fingerprint density at radius 3 is 2.17 bits per heavy atom. The fourth-order valence-corrected chi connectivity index (χ4v) is 2.87. The van der Waals surface area contributed by atoms with E-state index in [1.807, 2.05) is 0 Å². The van der Waals surface area contributed by atoms with Gasteiger partial charge in [0, 0.05) is 15.6 Å². The van der Waals surface area contributed by atoms with Crippen LogP contribution < -0.4 is 4.74 Å². The smallest absolute Gasteiger partial charge is 0.254 e. The van der Waals surface area contributed by atoms with Crippen LogP contribution in [0.4, 0.5) is 0 Å². The highest BCUT2D eigenvalue weighted by molar-refractivity contribution is 6.40. The highest BCUT2D eigenvalue weighted by Gasteiger charge is 2.13. The number of ether oxygens (including phenoxy) is 1. The van der Waals surface area contributed by atoms with E-state index in [1.165, 1.54) is 12.1 Å². The van der Waals surface area contributed by atoms with Crippen molar-refractivity contribution in [1.82, 2.24) is 10.2 Å². The van der Waals surface area contributed by atoms with Crippen LogP contribution in [0.2, 0.25) is 20.1 Å². The molecular weight excluding hydrogens is 382 g/mol. The zero-order valence-corrected chi connectivity index (χ0v) is 14.4. The summed E-state index contributed by atoms with van der Waals surface area (Å²) in [5.74, 6) is 0.967. The molecule has 3 aromatic rings. The summed E-state index contributed by atoms with van der Waals surface area (Å²) in [7, 11) is 0. The van der Waals surface area contributed by atoms with Crippen molar-refractivity contribution >= 4 is 46.4 Å². The van der Waals surface area contributed by atoms with Crippen molar-refractivity contribution in [3.8, 4) is 17.2 Å². The van der Waals surface area contributed by atoms with Gasteiger partial charge in [0.2, 0.25) is 5.89 Å². The zero-order valence-electron chi connectivity index (χ0n) is 11.4. The topological polar surface area (TPSA) is 48.2 Å². The molecule has 0 spiro atoms. The van der Waals surface area contributed by atoms with Gasteiger partial charge in [-0.15, -0.1) is 10.2 Å². The molecule has 0 aliphatic rings. The molecule has 0 unspecified atom stereocenters. The highest BCUT2D eigenvalue weighted by atomic mass is 35.5. The van der Waals surface area contributed by atoms with Gasteiger partial charge in [-0.25, -0.2) is 0 Å². The first-order valence-corrected chi connectivity index (χ1v) is 7.90. The molecule has 0 aliphatic carbocycles. The molecule has 0 bridgehead atoms. The van der Waals surface area contributed by atoms with Crippen molar-refractivity contribution in [2.45, 2.75) is 6.61 Å². The Bertz CT molecular complexity index is 811. The van der Waals surface area contributed by atoms with E-state index in [2.05, 4.69) is 10.2 Å². The van der Waals surface area contributed by atoms with E-state index < -0.39 is 0 Å². The second kappa shape index (κ2) is 6.97. The third-order valence-electron chi connectivity index (χ3n) is 2.86. The predicted molar refractivity (Wildman–Crippen MR) is 90.5 cm³/mol. The van der Waals surface area contributed by atoms with Gasteiger partial charge in [-0.2, -0.15) is 0 Å². The van der Waals surface area contributed by atoms with Gasteiger partial charge < -0.3 is 9.15 Å². The maximum absolute atomic E-state index is 6.04. The van der Waals surface area contributed by atoms with Crippen molar-refractivity contribution in [2.75, 3.05) is 0 Å². The number of halogens is 4. The Kier molecular flexibility index (Phi) is 4.97. The van der Waals surface area contributed by atoms with Gasteiger partial charge in [-0.3, -0.25) is 0 Å². The molecule has 0 fully saturated rings. The average Bonchev–Trinajstić information content (AvgIpc) is 2.96. The van der Waals surface area contributed by atoms with Crippen LogP contribution in [0.15, 0.2) is 40.8 Å². The third-order valence-corrected chi connectivity index (χ3v) is 3.89. The lowest BCUT2D eigenvalue weighted by molar-refractivity contribution is 0.265. The van der Waals surface area contributed by atoms with Crippen LogP contribution in [0.1, 0.15) is 5.89 Å². The summed E-state index contributed by atoms with van der Waals surface area (Å²) in [5.41, 5.74) is 0.760. The minimum absolute atomic E-state index is 0.0294. The van der Waals surface area contributed by atoms with Crippen LogP contribution in [-0.4, -0.2) is 10.2 Å². The lowest BCUT2D eigenvalue weighted by atomic mass is 10.2. The van der Waals surface area contributed by atoms with Gasteiger partial charge in [-0.05, 0) is 36.4 Å². The molecule has 2 aromatic carbocycles. The monoisotopic (exact) mass is 388 g/mol. The Morgan fingerprint density at radius 2 is 1.52 bits per heavy atom. The van der Waals surface area contributed by atoms with Gasteiger partial charge in [0.1, 0.15) is 0 Å². The van der Waals surface area contributed by atoms with Gasteiger partial charge in [0.15, 0.2) is 12.4 Å². The fourth-order valence-electron chi connectivity index (χ4n) is 1.82. The van der Waals surface area contributed by atoms with E-state index in [9.17, 15) is 0 Å². The van der Waals surface area contributed by atoms with Crippen molar-refractivity contribution in [3.05, 3.63) is 62.4 Å². The van der Waals surface area contributed by atoms with Gasteiger partial charge >= 0.3 is 0 Å².